The van der Waals surface area contributed by atoms with Crippen molar-refractivity contribution in [2.45, 2.75) is 19.3 Å². The SMILES string of the molecule is N#CC1(Cc2nccs2)CCOCC1. The normalized spacial score (nSPS) is 20.2. The molecule has 2 heterocycles. The van der Waals surface area contributed by atoms with Gasteiger partial charge in [0.1, 0.15) is 0 Å². The Bertz CT molecular complexity index is 322. The second-order valence-corrected chi connectivity index (χ2v) is 4.59. The molecule has 14 heavy (non-hydrogen) atoms. The molecule has 2 rings (SSSR count). The van der Waals surface area contributed by atoms with E-state index in [2.05, 4.69) is 11.1 Å². The van der Waals surface area contributed by atoms with Gasteiger partial charge < -0.3 is 4.74 Å². The Morgan fingerprint density at radius 3 is 2.93 bits per heavy atom. The Kier molecular flexibility index (Phi) is 2.80. The zero-order valence-electron chi connectivity index (χ0n) is 7.90. The van der Waals surface area contributed by atoms with E-state index in [0.29, 0.717) is 13.2 Å². The molecule has 0 N–H and O–H groups in total. The predicted octanol–water partition coefficient (Wildman–Crippen LogP) is 2.01. The lowest BCUT2D eigenvalue weighted by atomic mass is 9.79. The van der Waals surface area contributed by atoms with Crippen molar-refractivity contribution in [1.82, 2.24) is 4.98 Å². The maximum atomic E-state index is 9.21. The molecular formula is C10H12N2OS. The molecule has 0 amide bonds. The van der Waals surface area contributed by atoms with Crippen LogP contribution in [0.15, 0.2) is 11.6 Å². The van der Waals surface area contributed by atoms with Crippen LogP contribution >= 0.6 is 11.3 Å². The van der Waals surface area contributed by atoms with Crippen molar-refractivity contribution in [3.05, 3.63) is 16.6 Å². The van der Waals surface area contributed by atoms with Crippen LogP contribution in [-0.4, -0.2) is 18.2 Å². The average Bonchev–Trinajstić information content (AvgIpc) is 2.72. The van der Waals surface area contributed by atoms with Crippen molar-refractivity contribution in [2.24, 2.45) is 5.41 Å². The van der Waals surface area contributed by atoms with Gasteiger partial charge in [0.2, 0.25) is 0 Å². The fourth-order valence-electron chi connectivity index (χ4n) is 1.72. The third-order valence-corrected chi connectivity index (χ3v) is 3.44. The maximum absolute atomic E-state index is 9.21. The lowest BCUT2D eigenvalue weighted by Gasteiger charge is -2.29. The summed E-state index contributed by atoms with van der Waals surface area (Å²) < 4.78 is 5.28. The fraction of sp³-hybridized carbons (Fsp3) is 0.600. The Balaban J connectivity index is 2.09. The number of nitriles is 1. The predicted molar refractivity (Wildman–Crippen MR) is 53.9 cm³/mol. The van der Waals surface area contributed by atoms with Gasteiger partial charge in [0.05, 0.1) is 16.5 Å². The fourth-order valence-corrected chi connectivity index (χ4v) is 2.48. The van der Waals surface area contributed by atoms with Gasteiger partial charge in [0, 0.05) is 31.2 Å². The second-order valence-electron chi connectivity index (χ2n) is 3.61. The number of ether oxygens (including phenoxy) is 1. The van der Waals surface area contributed by atoms with Crippen molar-refractivity contribution in [3.8, 4) is 6.07 Å². The molecule has 1 saturated heterocycles. The van der Waals surface area contributed by atoms with Crippen LogP contribution in [0.5, 0.6) is 0 Å². The molecule has 1 aromatic rings. The Hall–Kier alpha value is -0.920. The van der Waals surface area contributed by atoms with E-state index in [1.54, 1.807) is 17.5 Å². The molecular weight excluding hydrogens is 196 g/mol. The van der Waals surface area contributed by atoms with Crippen LogP contribution in [0.4, 0.5) is 0 Å². The number of aromatic nitrogens is 1. The van der Waals surface area contributed by atoms with Gasteiger partial charge in [-0.2, -0.15) is 5.26 Å². The van der Waals surface area contributed by atoms with Crippen molar-refractivity contribution in [1.29, 1.82) is 5.26 Å². The summed E-state index contributed by atoms with van der Waals surface area (Å²) in [5, 5.41) is 12.2. The molecule has 0 aliphatic carbocycles. The first-order valence-electron chi connectivity index (χ1n) is 4.72. The van der Waals surface area contributed by atoms with E-state index in [9.17, 15) is 5.26 Å². The average molecular weight is 208 g/mol. The highest BCUT2D eigenvalue weighted by Gasteiger charge is 2.33. The van der Waals surface area contributed by atoms with Crippen LogP contribution in [0.1, 0.15) is 17.8 Å². The summed E-state index contributed by atoms with van der Waals surface area (Å²) >= 11 is 1.63. The van der Waals surface area contributed by atoms with Gasteiger partial charge in [-0.05, 0) is 12.8 Å². The number of hydrogen-bond acceptors (Lipinski definition) is 4. The summed E-state index contributed by atoms with van der Waals surface area (Å²) in [7, 11) is 0. The summed E-state index contributed by atoms with van der Waals surface area (Å²) in [6, 6.07) is 2.44. The minimum absolute atomic E-state index is 0.226. The van der Waals surface area contributed by atoms with Crippen LogP contribution in [-0.2, 0) is 11.2 Å². The van der Waals surface area contributed by atoms with E-state index >= 15 is 0 Å². The molecule has 4 heteroatoms. The minimum Gasteiger partial charge on any atom is -0.381 e. The Morgan fingerprint density at radius 2 is 2.36 bits per heavy atom. The third-order valence-electron chi connectivity index (χ3n) is 2.66. The van der Waals surface area contributed by atoms with E-state index in [-0.39, 0.29) is 5.41 Å². The molecule has 1 aliphatic heterocycles. The van der Waals surface area contributed by atoms with E-state index in [4.69, 9.17) is 4.74 Å². The Labute approximate surface area is 87.3 Å². The first kappa shape index (κ1) is 9.63. The van der Waals surface area contributed by atoms with Gasteiger partial charge in [-0.15, -0.1) is 11.3 Å². The van der Waals surface area contributed by atoms with Crippen molar-refractivity contribution < 1.29 is 4.74 Å². The number of nitrogens with zero attached hydrogens (tertiary/aromatic N) is 2. The van der Waals surface area contributed by atoms with Crippen molar-refractivity contribution >= 4 is 11.3 Å². The van der Waals surface area contributed by atoms with Crippen LogP contribution in [0.25, 0.3) is 0 Å². The summed E-state index contributed by atoms with van der Waals surface area (Å²) in [6.45, 7) is 1.41. The van der Waals surface area contributed by atoms with Gasteiger partial charge in [0.25, 0.3) is 0 Å². The number of thiazole rings is 1. The highest BCUT2D eigenvalue weighted by molar-refractivity contribution is 7.09. The molecule has 1 fully saturated rings. The molecule has 1 aliphatic rings. The first-order valence-corrected chi connectivity index (χ1v) is 5.60. The van der Waals surface area contributed by atoms with E-state index in [1.807, 2.05) is 5.38 Å². The molecule has 0 atom stereocenters. The van der Waals surface area contributed by atoms with Crippen LogP contribution in [0.2, 0.25) is 0 Å². The highest BCUT2D eigenvalue weighted by atomic mass is 32.1. The van der Waals surface area contributed by atoms with Gasteiger partial charge in [-0.3, -0.25) is 0 Å². The number of rotatable bonds is 2. The zero-order chi connectivity index (χ0) is 9.86. The zero-order valence-corrected chi connectivity index (χ0v) is 8.72. The molecule has 0 spiro atoms. The summed E-state index contributed by atoms with van der Waals surface area (Å²) in [6.07, 6.45) is 4.25. The third kappa shape index (κ3) is 1.94. The monoisotopic (exact) mass is 208 g/mol. The van der Waals surface area contributed by atoms with Gasteiger partial charge in [0.15, 0.2) is 0 Å². The quantitative estimate of drug-likeness (QED) is 0.746. The summed E-state index contributed by atoms with van der Waals surface area (Å²) in [4.78, 5) is 4.23. The lowest BCUT2D eigenvalue weighted by molar-refractivity contribution is 0.0406. The topological polar surface area (TPSA) is 45.9 Å². The number of hydrogen-bond donors (Lipinski definition) is 0. The lowest BCUT2D eigenvalue weighted by Crippen LogP contribution is -2.30. The van der Waals surface area contributed by atoms with E-state index < -0.39 is 0 Å². The maximum Gasteiger partial charge on any atom is 0.0940 e. The van der Waals surface area contributed by atoms with Crippen LogP contribution in [0, 0.1) is 16.7 Å². The smallest absolute Gasteiger partial charge is 0.0940 e. The van der Waals surface area contributed by atoms with E-state index in [1.165, 1.54) is 0 Å². The largest absolute Gasteiger partial charge is 0.381 e. The molecule has 3 nitrogen and oxygen atoms in total. The Morgan fingerprint density at radius 1 is 1.57 bits per heavy atom. The molecule has 0 unspecified atom stereocenters. The molecule has 74 valence electrons. The van der Waals surface area contributed by atoms with Gasteiger partial charge in [-0.1, -0.05) is 0 Å². The molecule has 1 aromatic heterocycles. The summed E-state index contributed by atoms with van der Waals surface area (Å²) in [5.41, 5.74) is -0.226. The van der Waals surface area contributed by atoms with Crippen LogP contribution < -0.4 is 0 Å². The van der Waals surface area contributed by atoms with Gasteiger partial charge in [-0.25, -0.2) is 4.98 Å². The molecule has 0 radical (unpaired) electrons. The molecule has 0 bridgehead atoms. The molecule has 0 saturated carbocycles. The highest BCUT2D eigenvalue weighted by Crippen LogP contribution is 2.33. The van der Waals surface area contributed by atoms with Gasteiger partial charge >= 0.3 is 0 Å². The van der Waals surface area contributed by atoms with Crippen molar-refractivity contribution in [2.75, 3.05) is 13.2 Å². The second kappa shape index (κ2) is 4.07. The molecule has 0 aromatic carbocycles. The summed E-state index contributed by atoms with van der Waals surface area (Å²) in [5.74, 6) is 0. The standard InChI is InChI=1S/C10H12N2OS/c11-8-10(1-4-13-5-2-10)7-9-12-3-6-14-9/h3,6H,1-2,4-5,7H2. The minimum atomic E-state index is -0.226. The van der Waals surface area contributed by atoms with E-state index in [0.717, 1.165) is 24.3 Å². The van der Waals surface area contributed by atoms with Crippen LogP contribution in [0.3, 0.4) is 0 Å². The van der Waals surface area contributed by atoms with Crippen molar-refractivity contribution in [3.63, 3.8) is 0 Å². The first-order chi connectivity index (χ1) is 6.85.